The number of hydrogen-bond acceptors (Lipinski definition) is 4. The van der Waals surface area contributed by atoms with Gasteiger partial charge in [-0.05, 0) is 51.5 Å². The van der Waals surface area contributed by atoms with Gasteiger partial charge in [-0.25, -0.2) is 9.59 Å². The van der Waals surface area contributed by atoms with Crippen molar-refractivity contribution in [2.75, 3.05) is 6.61 Å². The summed E-state index contributed by atoms with van der Waals surface area (Å²) in [5, 5.41) is 0.926. The number of rotatable bonds is 3. The van der Waals surface area contributed by atoms with E-state index in [4.69, 9.17) is 15.9 Å². The van der Waals surface area contributed by atoms with Crippen molar-refractivity contribution in [1.82, 2.24) is 4.57 Å². The number of nitrogens with zero attached hydrogens (tertiary/aromatic N) is 1. The van der Waals surface area contributed by atoms with Crippen molar-refractivity contribution in [3.63, 3.8) is 0 Å². The molecule has 1 aliphatic heterocycles. The van der Waals surface area contributed by atoms with Crippen LogP contribution in [0.2, 0.25) is 0 Å². The maximum Gasteiger partial charge on any atom is 0.347 e. The summed E-state index contributed by atoms with van der Waals surface area (Å²) in [6.45, 7) is 7.59. The van der Waals surface area contributed by atoms with Gasteiger partial charge in [-0.1, -0.05) is 11.5 Å². The molecule has 5 heteroatoms. The van der Waals surface area contributed by atoms with Crippen molar-refractivity contribution in [2.45, 2.75) is 27.7 Å². The van der Waals surface area contributed by atoms with Crippen LogP contribution >= 0.6 is 0 Å². The first kappa shape index (κ1) is 18.5. The second-order valence-electron chi connectivity index (χ2n) is 6.74. The van der Waals surface area contributed by atoms with E-state index in [1.54, 1.807) is 13.8 Å². The van der Waals surface area contributed by atoms with Crippen LogP contribution in [-0.2, 0) is 21.4 Å². The number of carbonyl (C=O) groups is 2. The summed E-state index contributed by atoms with van der Waals surface area (Å²) in [5.74, 6) is 1.90. The van der Waals surface area contributed by atoms with Crippen LogP contribution in [0.25, 0.3) is 16.5 Å². The van der Waals surface area contributed by atoms with Gasteiger partial charge in [-0.3, -0.25) is 0 Å². The molecule has 0 unspecified atom stereocenters. The minimum absolute atomic E-state index is 0.176. The SMILES string of the molecule is C#CCOc1ccc2c(c1)c(/C(C)=C1/C(=O)OC(=O)C1=C(C)C)c(C)n2C. The summed E-state index contributed by atoms with van der Waals surface area (Å²) in [4.78, 5) is 24.5. The number of allylic oxidation sites excluding steroid dienone is 2. The third-order valence-electron chi connectivity index (χ3n) is 4.88. The van der Waals surface area contributed by atoms with Gasteiger partial charge in [0.1, 0.15) is 12.4 Å². The van der Waals surface area contributed by atoms with Crippen molar-refractivity contribution in [3.05, 3.63) is 46.2 Å². The molecule has 0 radical (unpaired) electrons. The van der Waals surface area contributed by atoms with E-state index in [0.717, 1.165) is 27.7 Å². The Kier molecular flexibility index (Phi) is 4.67. The van der Waals surface area contributed by atoms with E-state index in [1.807, 2.05) is 43.7 Å². The molecule has 0 amide bonds. The Labute approximate surface area is 158 Å². The predicted octanol–water partition coefficient (Wildman–Crippen LogP) is 3.69. The summed E-state index contributed by atoms with van der Waals surface area (Å²) < 4.78 is 12.5. The van der Waals surface area contributed by atoms with Crippen LogP contribution in [0.3, 0.4) is 0 Å². The zero-order valence-electron chi connectivity index (χ0n) is 16.1. The summed E-state index contributed by atoms with van der Waals surface area (Å²) in [6.07, 6.45) is 5.27. The Balaban J connectivity index is 2.31. The maximum absolute atomic E-state index is 12.4. The number of aromatic nitrogens is 1. The first-order chi connectivity index (χ1) is 12.8. The lowest BCUT2D eigenvalue weighted by molar-refractivity contribution is -0.149. The van der Waals surface area contributed by atoms with Gasteiger partial charge in [0.05, 0.1) is 11.1 Å². The molecule has 0 saturated carbocycles. The van der Waals surface area contributed by atoms with E-state index in [9.17, 15) is 9.59 Å². The van der Waals surface area contributed by atoms with Gasteiger partial charge >= 0.3 is 11.9 Å². The Bertz CT molecular complexity index is 1090. The molecule has 0 bridgehead atoms. The lowest BCUT2D eigenvalue weighted by atomic mass is 9.93. The van der Waals surface area contributed by atoms with Crippen LogP contribution in [0, 0.1) is 19.3 Å². The van der Waals surface area contributed by atoms with Gasteiger partial charge in [0.25, 0.3) is 0 Å². The lowest BCUT2D eigenvalue weighted by Crippen LogP contribution is -2.01. The molecule has 0 atom stereocenters. The van der Waals surface area contributed by atoms with Crippen molar-refractivity contribution >= 4 is 28.4 Å². The van der Waals surface area contributed by atoms with Crippen LogP contribution in [-0.4, -0.2) is 23.1 Å². The van der Waals surface area contributed by atoms with E-state index in [-0.39, 0.29) is 6.61 Å². The molecular formula is C22H21NO4. The van der Waals surface area contributed by atoms with Crippen LogP contribution in [0.5, 0.6) is 5.75 Å². The summed E-state index contributed by atoms with van der Waals surface area (Å²) in [6, 6.07) is 5.72. The van der Waals surface area contributed by atoms with Gasteiger partial charge in [-0.2, -0.15) is 0 Å². The molecule has 1 saturated heterocycles. The smallest absolute Gasteiger partial charge is 0.347 e. The number of cyclic esters (lactones) is 2. The summed E-state index contributed by atoms with van der Waals surface area (Å²) >= 11 is 0. The number of aryl methyl sites for hydroxylation is 1. The van der Waals surface area contributed by atoms with Crippen LogP contribution < -0.4 is 4.74 Å². The first-order valence-corrected chi connectivity index (χ1v) is 8.58. The van der Waals surface area contributed by atoms with E-state index in [2.05, 4.69) is 5.92 Å². The fraction of sp³-hybridized carbons (Fsp3) is 0.273. The second-order valence-corrected chi connectivity index (χ2v) is 6.74. The third kappa shape index (κ3) is 2.93. The average molecular weight is 363 g/mol. The number of esters is 2. The zero-order chi connectivity index (χ0) is 19.9. The molecule has 0 spiro atoms. The molecule has 1 aromatic carbocycles. The Morgan fingerprint density at radius 1 is 1.19 bits per heavy atom. The van der Waals surface area contributed by atoms with Crippen molar-refractivity contribution in [3.8, 4) is 18.1 Å². The minimum Gasteiger partial charge on any atom is -0.481 e. The zero-order valence-corrected chi connectivity index (χ0v) is 16.1. The van der Waals surface area contributed by atoms with E-state index >= 15 is 0 Å². The fourth-order valence-corrected chi connectivity index (χ4v) is 3.55. The van der Waals surface area contributed by atoms with E-state index < -0.39 is 11.9 Å². The average Bonchev–Trinajstić information content (AvgIpc) is 3.05. The summed E-state index contributed by atoms with van der Waals surface area (Å²) in [7, 11) is 1.96. The number of benzene rings is 1. The Morgan fingerprint density at radius 3 is 2.48 bits per heavy atom. The van der Waals surface area contributed by atoms with Crippen molar-refractivity contribution < 1.29 is 19.1 Å². The molecule has 1 aromatic heterocycles. The highest BCUT2D eigenvalue weighted by Gasteiger charge is 2.36. The first-order valence-electron chi connectivity index (χ1n) is 8.58. The van der Waals surface area contributed by atoms with Gasteiger partial charge in [0.15, 0.2) is 0 Å². The highest BCUT2D eigenvalue weighted by molar-refractivity contribution is 6.22. The molecule has 3 rings (SSSR count). The molecule has 5 nitrogen and oxygen atoms in total. The Morgan fingerprint density at radius 2 is 1.85 bits per heavy atom. The van der Waals surface area contributed by atoms with Gasteiger partial charge < -0.3 is 14.0 Å². The fourth-order valence-electron chi connectivity index (χ4n) is 3.55. The normalized spacial score (nSPS) is 15.8. The number of fused-ring (bicyclic) bond motifs is 1. The molecule has 2 heterocycles. The molecule has 0 N–H and O–H groups in total. The van der Waals surface area contributed by atoms with E-state index in [0.29, 0.717) is 22.5 Å². The minimum atomic E-state index is -0.607. The van der Waals surface area contributed by atoms with Gasteiger partial charge in [0, 0.05) is 29.2 Å². The van der Waals surface area contributed by atoms with Gasteiger partial charge in [0.2, 0.25) is 0 Å². The van der Waals surface area contributed by atoms with Crippen molar-refractivity contribution in [2.24, 2.45) is 7.05 Å². The molecule has 2 aromatic rings. The second kappa shape index (κ2) is 6.81. The molecule has 0 aliphatic carbocycles. The van der Waals surface area contributed by atoms with Gasteiger partial charge in [-0.15, -0.1) is 6.42 Å². The Hall–Kier alpha value is -3.26. The molecule has 1 aliphatic rings. The quantitative estimate of drug-likeness (QED) is 0.361. The number of terminal acetylenes is 1. The number of hydrogen-bond donors (Lipinski definition) is 0. The molecule has 1 fully saturated rings. The number of ether oxygens (including phenoxy) is 2. The van der Waals surface area contributed by atoms with Crippen LogP contribution in [0.15, 0.2) is 34.9 Å². The summed E-state index contributed by atoms with van der Waals surface area (Å²) in [5.41, 5.74) is 4.98. The third-order valence-corrected chi connectivity index (χ3v) is 4.88. The van der Waals surface area contributed by atoms with E-state index in [1.165, 1.54) is 0 Å². The standard InChI is InChI=1S/C22H21NO4/c1-7-10-26-15-8-9-17-16(11-15)19(14(5)23(17)6)13(4)20-18(12(2)3)21(24)27-22(20)25/h1,8-9,11H,10H2,2-6H3/b20-13+. The highest BCUT2D eigenvalue weighted by Crippen LogP contribution is 2.38. The van der Waals surface area contributed by atoms with Crippen LogP contribution in [0.4, 0.5) is 0 Å². The topological polar surface area (TPSA) is 57.5 Å². The van der Waals surface area contributed by atoms with Crippen LogP contribution in [0.1, 0.15) is 32.0 Å². The number of carbonyl (C=O) groups excluding carboxylic acids is 2. The largest absolute Gasteiger partial charge is 0.481 e. The molecule has 27 heavy (non-hydrogen) atoms. The van der Waals surface area contributed by atoms with Crippen molar-refractivity contribution in [1.29, 1.82) is 0 Å². The highest BCUT2D eigenvalue weighted by atomic mass is 16.6. The lowest BCUT2D eigenvalue weighted by Gasteiger charge is -2.08. The molecular weight excluding hydrogens is 342 g/mol. The monoisotopic (exact) mass is 363 g/mol. The predicted molar refractivity (Wildman–Crippen MR) is 104 cm³/mol. The molecule has 138 valence electrons. The maximum atomic E-state index is 12.4.